The number of nitrogens with two attached hydrogens (primary N) is 1. The van der Waals surface area contributed by atoms with Gasteiger partial charge in [0.25, 0.3) is 0 Å². The Balaban J connectivity index is 2.55. The second kappa shape index (κ2) is 5.88. The van der Waals surface area contributed by atoms with Crippen LogP contribution in [0.2, 0.25) is 0 Å². The Morgan fingerprint density at radius 2 is 2.44 bits per heavy atom. The minimum absolute atomic E-state index is 0.0631. The van der Waals surface area contributed by atoms with Gasteiger partial charge in [0.1, 0.15) is 0 Å². The van der Waals surface area contributed by atoms with Gasteiger partial charge in [-0.1, -0.05) is 6.92 Å². The van der Waals surface area contributed by atoms with Crippen LogP contribution < -0.4 is 5.73 Å². The first-order chi connectivity index (χ1) is 7.60. The Morgan fingerprint density at radius 1 is 1.75 bits per heavy atom. The molecule has 1 fully saturated rings. The zero-order valence-electron chi connectivity index (χ0n) is 9.98. The van der Waals surface area contributed by atoms with Crippen molar-refractivity contribution in [2.75, 3.05) is 20.2 Å². The maximum Gasteiger partial charge on any atom is 0.240 e. The van der Waals surface area contributed by atoms with E-state index in [0.29, 0.717) is 18.9 Å². The van der Waals surface area contributed by atoms with E-state index in [1.807, 2.05) is 0 Å². The molecule has 0 saturated carbocycles. The number of terminal acetylenes is 1. The van der Waals surface area contributed by atoms with E-state index in [4.69, 9.17) is 16.9 Å². The minimum Gasteiger partial charge on any atom is -0.379 e. The number of carbonyl (C=O) groups excluding carboxylic acids is 1. The fraction of sp³-hybridized carbons (Fsp3) is 0.750. The summed E-state index contributed by atoms with van der Waals surface area (Å²) in [6, 6.07) is -0.573. The quantitative estimate of drug-likeness (QED) is 0.698. The molecule has 1 saturated heterocycles. The Hall–Kier alpha value is -1.05. The Morgan fingerprint density at radius 3 is 3.00 bits per heavy atom. The van der Waals surface area contributed by atoms with E-state index in [1.54, 1.807) is 12.0 Å². The summed E-state index contributed by atoms with van der Waals surface area (Å²) in [6.07, 6.45) is 6.50. The van der Waals surface area contributed by atoms with Crippen molar-refractivity contribution in [3.8, 4) is 12.3 Å². The average Bonchev–Trinajstić information content (AvgIpc) is 2.29. The van der Waals surface area contributed by atoms with Crippen LogP contribution in [0.15, 0.2) is 0 Å². The highest BCUT2D eigenvalue weighted by Crippen LogP contribution is 2.19. The molecule has 4 heteroatoms. The van der Waals surface area contributed by atoms with Gasteiger partial charge in [0.2, 0.25) is 5.91 Å². The molecular weight excluding hydrogens is 204 g/mol. The predicted octanol–water partition coefficient (Wildman–Crippen LogP) is 0.220. The van der Waals surface area contributed by atoms with Gasteiger partial charge in [0.05, 0.1) is 12.1 Å². The minimum atomic E-state index is -0.573. The summed E-state index contributed by atoms with van der Waals surface area (Å²) in [6.45, 7) is 3.50. The first-order valence-electron chi connectivity index (χ1n) is 5.60. The molecule has 1 amide bonds. The van der Waals surface area contributed by atoms with Crippen molar-refractivity contribution in [2.45, 2.75) is 31.9 Å². The summed E-state index contributed by atoms with van der Waals surface area (Å²) in [5.41, 5.74) is 5.71. The Labute approximate surface area is 97.1 Å². The molecule has 3 unspecified atom stereocenters. The third-order valence-electron chi connectivity index (χ3n) is 3.16. The highest BCUT2D eigenvalue weighted by atomic mass is 16.5. The third-order valence-corrected chi connectivity index (χ3v) is 3.16. The molecule has 0 bridgehead atoms. The van der Waals surface area contributed by atoms with E-state index in [2.05, 4.69) is 12.8 Å². The first-order valence-corrected chi connectivity index (χ1v) is 5.60. The summed E-state index contributed by atoms with van der Waals surface area (Å²) in [5.74, 6) is 2.84. The molecule has 0 aromatic heterocycles. The lowest BCUT2D eigenvalue weighted by molar-refractivity contribution is -0.137. The van der Waals surface area contributed by atoms with Crippen LogP contribution in [0.4, 0.5) is 0 Å². The molecule has 0 aromatic rings. The molecule has 4 nitrogen and oxygen atoms in total. The molecule has 0 aliphatic carbocycles. The highest BCUT2D eigenvalue weighted by Gasteiger charge is 2.30. The number of carbonyl (C=O) groups is 1. The SMILES string of the molecule is C#CCC(N)C(=O)N1CCC(C)C(OC)C1. The van der Waals surface area contributed by atoms with Crippen molar-refractivity contribution < 1.29 is 9.53 Å². The van der Waals surface area contributed by atoms with Crippen LogP contribution >= 0.6 is 0 Å². The van der Waals surface area contributed by atoms with E-state index >= 15 is 0 Å². The van der Waals surface area contributed by atoms with Gasteiger partial charge >= 0.3 is 0 Å². The maximum atomic E-state index is 11.9. The number of methoxy groups -OCH3 is 1. The van der Waals surface area contributed by atoms with E-state index in [1.165, 1.54) is 0 Å². The molecule has 1 aliphatic rings. The second-order valence-electron chi connectivity index (χ2n) is 4.34. The number of amides is 1. The van der Waals surface area contributed by atoms with E-state index in [-0.39, 0.29) is 12.0 Å². The van der Waals surface area contributed by atoms with Crippen molar-refractivity contribution in [3.63, 3.8) is 0 Å². The van der Waals surface area contributed by atoms with Gasteiger partial charge in [-0.15, -0.1) is 12.3 Å². The van der Waals surface area contributed by atoms with Crippen molar-refractivity contribution in [2.24, 2.45) is 11.7 Å². The molecule has 0 radical (unpaired) electrons. The topological polar surface area (TPSA) is 55.6 Å². The van der Waals surface area contributed by atoms with Crippen molar-refractivity contribution in [1.29, 1.82) is 0 Å². The van der Waals surface area contributed by atoms with Crippen LogP contribution in [0.1, 0.15) is 19.8 Å². The number of hydrogen-bond acceptors (Lipinski definition) is 3. The standard InChI is InChI=1S/C12H20N2O2/c1-4-5-10(13)12(15)14-7-6-9(2)11(8-14)16-3/h1,9-11H,5-8,13H2,2-3H3. The first kappa shape index (κ1) is 13.0. The maximum absolute atomic E-state index is 11.9. The Kier molecular flexibility index (Phi) is 4.78. The van der Waals surface area contributed by atoms with Gasteiger partial charge in [-0.3, -0.25) is 4.79 Å². The lowest BCUT2D eigenvalue weighted by Gasteiger charge is -2.37. The zero-order chi connectivity index (χ0) is 12.1. The molecule has 0 aromatic carbocycles. The number of hydrogen-bond donors (Lipinski definition) is 1. The summed E-state index contributed by atoms with van der Waals surface area (Å²) in [7, 11) is 1.68. The average molecular weight is 224 g/mol. The number of likely N-dealkylation sites (tertiary alicyclic amines) is 1. The van der Waals surface area contributed by atoms with E-state index in [9.17, 15) is 4.79 Å². The lowest BCUT2D eigenvalue weighted by atomic mass is 9.95. The third kappa shape index (κ3) is 2.97. The van der Waals surface area contributed by atoms with Gasteiger partial charge in [-0.05, 0) is 12.3 Å². The molecule has 2 N–H and O–H groups in total. The molecule has 1 heterocycles. The number of piperidine rings is 1. The van der Waals surface area contributed by atoms with Gasteiger partial charge in [0, 0.05) is 26.6 Å². The van der Waals surface area contributed by atoms with Crippen LogP contribution in [-0.2, 0) is 9.53 Å². The van der Waals surface area contributed by atoms with Crippen LogP contribution in [0.5, 0.6) is 0 Å². The lowest BCUT2D eigenvalue weighted by Crippen LogP contribution is -2.51. The fourth-order valence-corrected chi connectivity index (χ4v) is 1.99. The van der Waals surface area contributed by atoms with Crippen molar-refractivity contribution in [3.05, 3.63) is 0 Å². The monoisotopic (exact) mass is 224 g/mol. The second-order valence-corrected chi connectivity index (χ2v) is 4.34. The molecule has 16 heavy (non-hydrogen) atoms. The molecule has 90 valence electrons. The van der Waals surface area contributed by atoms with Gasteiger partial charge in [-0.2, -0.15) is 0 Å². The molecule has 3 atom stereocenters. The molecule has 1 rings (SSSR count). The smallest absolute Gasteiger partial charge is 0.240 e. The number of rotatable bonds is 3. The predicted molar refractivity (Wildman–Crippen MR) is 62.6 cm³/mol. The van der Waals surface area contributed by atoms with E-state index in [0.717, 1.165) is 13.0 Å². The number of nitrogens with zero attached hydrogens (tertiary/aromatic N) is 1. The molecular formula is C12H20N2O2. The molecule has 0 spiro atoms. The zero-order valence-corrected chi connectivity index (χ0v) is 9.98. The number of ether oxygens (including phenoxy) is 1. The summed E-state index contributed by atoms with van der Waals surface area (Å²) in [4.78, 5) is 13.7. The summed E-state index contributed by atoms with van der Waals surface area (Å²) >= 11 is 0. The van der Waals surface area contributed by atoms with Crippen molar-refractivity contribution >= 4 is 5.91 Å². The Bertz CT molecular complexity index is 285. The largest absolute Gasteiger partial charge is 0.379 e. The molecule has 1 aliphatic heterocycles. The van der Waals surface area contributed by atoms with Crippen LogP contribution in [-0.4, -0.2) is 43.2 Å². The van der Waals surface area contributed by atoms with Crippen molar-refractivity contribution in [1.82, 2.24) is 4.90 Å². The van der Waals surface area contributed by atoms with Crippen LogP contribution in [0, 0.1) is 18.3 Å². The summed E-state index contributed by atoms with van der Waals surface area (Å²) in [5, 5.41) is 0. The van der Waals surface area contributed by atoms with Crippen LogP contribution in [0.3, 0.4) is 0 Å². The van der Waals surface area contributed by atoms with E-state index < -0.39 is 6.04 Å². The normalized spacial score (nSPS) is 27.2. The van der Waals surface area contributed by atoms with Crippen LogP contribution in [0.25, 0.3) is 0 Å². The van der Waals surface area contributed by atoms with Gasteiger partial charge in [-0.25, -0.2) is 0 Å². The van der Waals surface area contributed by atoms with Gasteiger partial charge in [0.15, 0.2) is 0 Å². The van der Waals surface area contributed by atoms with Gasteiger partial charge < -0.3 is 15.4 Å². The fourth-order valence-electron chi connectivity index (χ4n) is 1.99. The highest BCUT2D eigenvalue weighted by molar-refractivity contribution is 5.82. The summed E-state index contributed by atoms with van der Waals surface area (Å²) < 4.78 is 5.35.